The van der Waals surface area contributed by atoms with Gasteiger partial charge in [-0.2, -0.15) is 0 Å². The van der Waals surface area contributed by atoms with Gasteiger partial charge in [-0.15, -0.1) is 0 Å². The highest BCUT2D eigenvalue weighted by atomic mass is 35.5. The summed E-state index contributed by atoms with van der Waals surface area (Å²) >= 11 is 5.78. The first-order valence-corrected chi connectivity index (χ1v) is 6.48. The molecule has 5 heteroatoms. The summed E-state index contributed by atoms with van der Waals surface area (Å²) in [6.45, 7) is 2.84. The monoisotopic (exact) mass is 280 g/mol. The standard InChI is InChI=1S/C14H14ClFN2O/c1-2-6-18-7-5-17-14(18)9-13(19)11-8-10(15)3-4-12(11)16/h3-5,7-8H,2,6,9H2,1H3. The summed E-state index contributed by atoms with van der Waals surface area (Å²) in [4.78, 5) is 16.2. The fourth-order valence-corrected chi connectivity index (χ4v) is 2.07. The van der Waals surface area contributed by atoms with Crippen molar-refractivity contribution >= 4 is 17.4 Å². The van der Waals surface area contributed by atoms with Crippen LogP contribution in [-0.2, 0) is 13.0 Å². The van der Waals surface area contributed by atoms with Crippen LogP contribution in [0.3, 0.4) is 0 Å². The molecule has 1 aromatic carbocycles. The predicted octanol–water partition coefficient (Wildman–Crippen LogP) is 3.51. The molecule has 0 spiro atoms. The van der Waals surface area contributed by atoms with E-state index in [9.17, 15) is 9.18 Å². The van der Waals surface area contributed by atoms with Crippen LogP contribution in [0.1, 0.15) is 29.5 Å². The molecule has 0 fully saturated rings. The third-order valence-corrected chi connectivity index (χ3v) is 3.05. The molecule has 2 rings (SSSR count). The summed E-state index contributed by atoms with van der Waals surface area (Å²) in [5.74, 6) is -0.224. The molecule has 19 heavy (non-hydrogen) atoms. The molecule has 3 nitrogen and oxygen atoms in total. The van der Waals surface area contributed by atoms with E-state index < -0.39 is 5.82 Å². The van der Waals surface area contributed by atoms with Crippen LogP contribution in [0, 0.1) is 5.82 Å². The van der Waals surface area contributed by atoms with E-state index in [1.807, 2.05) is 17.7 Å². The number of rotatable bonds is 5. The van der Waals surface area contributed by atoms with Crippen LogP contribution in [0.15, 0.2) is 30.6 Å². The lowest BCUT2D eigenvalue weighted by Crippen LogP contribution is -2.11. The van der Waals surface area contributed by atoms with Crippen molar-refractivity contribution in [2.45, 2.75) is 26.3 Å². The highest BCUT2D eigenvalue weighted by molar-refractivity contribution is 6.31. The van der Waals surface area contributed by atoms with Crippen molar-refractivity contribution in [3.8, 4) is 0 Å². The zero-order valence-corrected chi connectivity index (χ0v) is 11.3. The molecule has 0 bridgehead atoms. The molecule has 0 radical (unpaired) electrons. The lowest BCUT2D eigenvalue weighted by molar-refractivity contribution is 0.0986. The number of carbonyl (C=O) groups is 1. The molecule has 1 heterocycles. The van der Waals surface area contributed by atoms with Crippen LogP contribution < -0.4 is 0 Å². The summed E-state index contributed by atoms with van der Waals surface area (Å²) in [5, 5.41) is 0.349. The smallest absolute Gasteiger partial charge is 0.173 e. The van der Waals surface area contributed by atoms with Crippen molar-refractivity contribution in [1.82, 2.24) is 9.55 Å². The minimum Gasteiger partial charge on any atom is -0.335 e. The summed E-state index contributed by atoms with van der Waals surface area (Å²) in [5.41, 5.74) is 0.0125. The quantitative estimate of drug-likeness (QED) is 0.786. The molecule has 0 unspecified atom stereocenters. The van der Waals surface area contributed by atoms with Crippen LogP contribution in [0.4, 0.5) is 4.39 Å². The number of Topliss-reactive ketones (excluding diaryl/α,β-unsaturated/α-hetero) is 1. The third-order valence-electron chi connectivity index (χ3n) is 2.81. The minimum atomic E-state index is -0.553. The molecule has 0 N–H and O–H groups in total. The van der Waals surface area contributed by atoms with E-state index in [4.69, 9.17) is 11.6 Å². The van der Waals surface area contributed by atoms with Gasteiger partial charge in [-0.3, -0.25) is 4.79 Å². The summed E-state index contributed by atoms with van der Waals surface area (Å²) in [6.07, 6.45) is 4.49. The van der Waals surface area contributed by atoms with Crippen LogP contribution in [-0.4, -0.2) is 15.3 Å². The maximum Gasteiger partial charge on any atom is 0.173 e. The Morgan fingerprint density at radius 3 is 3.00 bits per heavy atom. The van der Waals surface area contributed by atoms with Crippen LogP contribution >= 0.6 is 11.6 Å². The van der Waals surface area contributed by atoms with Crippen LogP contribution in [0.5, 0.6) is 0 Å². The zero-order chi connectivity index (χ0) is 13.8. The second-order valence-electron chi connectivity index (χ2n) is 4.26. The highest BCUT2D eigenvalue weighted by Crippen LogP contribution is 2.17. The summed E-state index contributed by atoms with van der Waals surface area (Å²) in [6, 6.07) is 3.98. The lowest BCUT2D eigenvalue weighted by atomic mass is 10.1. The molecule has 0 saturated carbocycles. The number of nitrogens with zero attached hydrogens (tertiary/aromatic N) is 2. The Bertz CT molecular complexity index is 595. The van der Waals surface area contributed by atoms with Gasteiger partial charge in [0.1, 0.15) is 11.6 Å². The second kappa shape index (κ2) is 5.97. The number of imidazole rings is 1. The number of carbonyl (C=O) groups excluding carboxylic acids is 1. The number of hydrogen-bond donors (Lipinski definition) is 0. The first kappa shape index (κ1) is 13.7. The molecule has 0 saturated heterocycles. The fourth-order valence-electron chi connectivity index (χ4n) is 1.90. The van der Waals surface area contributed by atoms with Gasteiger partial charge in [0.2, 0.25) is 0 Å². The van der Waals surface area contributed by atoms with Crippen molar-refractivity contribution in [3.63, 3.8) is 0 Å². The Kier molecular flexibility index (Phi) is 4.32. The number of ketones is 1. The molecule has 0 aliphatic carbocycles. The number of halogens is 2. The molecule has 0 atom stereocenters. The average molecular weight is 281 g/mol. The van der Waals surface area contributed by atoms with E-state index in [-0.39, 0.29) is 17.8 Å². The van der Waals surface area contributed by atoms with E-state index in [2.05, 4.69) is 4.98 Å². The number of aryl methyl sites for hydroxylation is 1. The van der Waals surface area contributed by atoms with Gasteiger partial charge in [0, 0.05) is 24.0 Å². The third kappa shape index (κ3) is 3.20. The minimum absolute atomic E-state index is 0.0125. The topological polar surface area (TPSA) is 34.9 Å². The molecular weight excluding hydrogens is 267 g/mol. The van der Waals surface area contributed by atoms with E-state index >= 15 is 0 Å². The van der Waals surface area contributed by atoms with Crippen molar-refractivity contribution < 1.29 is 9.18 Å². The number of benzene rings is 1. The first-order chi connectivity index (χ1) is 9.11. The van der Waals surface area contributed by atoms with E-state index in [0.717, 1.165) is 13.0 Å². The van der Waals surface area contributed by atoms with Gasteiger partial charge >= 0.3 is 0 Å². The summed E-state index contributed by atoms with van der Waals surface area (Å²) < 4.78 is 15.5. The highest BCUT2D eigenvalue weighted by Gasteiger charge is 2.15. The summed E-state index contributed by atoms with van der Waals surface area (Å²) in [7, 11) is 0. The molecule has 2 aromatic rings. The van der Waals surface area contributed by atoms with Crippen molar-refractivity contribution in [1.29, 1.82) is 0 Å². The Morgan fingerprint density at radius 2 is 2.26 bits per heavy atom. The maximum absolute atomic E-state index is 13.6. The zero-order valence-electron chi connectivity index (χ0n) is 10.6. The van der Waals surface area contributed by atoms with Gasteiger partial charge in [-0.05, 0) is 24.6 Å². The van der Waals surface area contributed by atoms with Gasteiger partial charge in [-0.25, -0.2) is 9.37 Å². The lowest BCUT2D eigenvalue weighted by Gasteiger charge is -2.06. The molecule has 100 valence electrons. The second-order valence-corrected chi connectivity index (χ2v) is 4.70. The fraction of sp³-hybridized carbons (Fsp3) is 0.286. The molecule has 0 amide bonds. The SMILES string of the molecule is CCCn1ccnc1CC(=O)c1cc(Cl)ccc1F. The van der Waals surface area contributed by atoms with Crippen LogP contribution in [0.25, 0.3) is 0 Å². The van der Waals surface area contributed by atoms with Gasteiger partial charge in [0.05, 0.1) is 12.0 Å². The largest absolute Gasteiger partial charge is 0.335 e. The Labute approximate surface area is 116 Å². The van der Waals surface area contributed by atoms with Gasteiger partial charge < -0.3 is 4.57 Å². The normalized spacial score (nSPS) is 10.7. The van der Waals surface area contributed by atoms with Gasteiger partial charge in [0.25, 0.3) is 0 Å². The maximum atomic E-state index is 13.6. The van der Waals surface area contributed by atoms with Gasteiger partial charge in [0.15, 0.2) is 5.78 Å². The Morgan fingerprint density at radius 1 is 1.47 bits per heavy atom. The number of aromatic nitrogens is 2. The molecule has 0 aliphatic rings. The van der Waals surface area contributed by atoms with E-state index in [1.54, 1.807) is 6.20 Å². The molecule has 0 aliphatic heterocycles. The van der Waals surface area contributed by atoms with Gasteiger partial charge in [-0.1, -0.05) is 18.5 Å². The van der Waals surface area contributed by atoms with Crippen molar-refractivity contribution in [2.24, 2.45) is 0 Å². The predicted molar refractivity (Wildman–Crippen MR) is 72.0 cm³/mol. The van der Waals surface area contributed by atoms with Crippen molar-refractivity contribution in [2.75, 3.05) is 0 Å². The Balaban J connectivity index is 2.21. The van der Waals surface area contributed by atoms with E-state index in [0.29, 0.717) is 10.8 Å². The van der Waals surface area contributed by atoms with E-state index in [1.165, 1.54) is 18.2 Å². The average Bonchev–Trinajstić information content (AvgIpc) is 2.80. The molecule has 1 aromatic heterocycles. The van der Waals surface area contributed by atoms with Crippen molar-refractivity contribution in [3.05, 3.63) is 52.8 Å². The number of hydrogen-bond acceptors (Lipinski definition) is 2. The molecular formula is C14H14ClFN2O. The first-order valence-electron chi connectivity index (χ1n) is 6.10. The van der Waals surface area contributed by atoms with Crippen LogP contribution in [0.2, 0.25) is 5.02 Å². The Hall–Kier alpha value is -1.68.